The van der Waals surface area contributed by atoms with Gasteiger partial charge in [-0.15, -0.1) is 5.10 Å². The number of hydrogen-bond acceptors (Lipinski definition) is 4. The predicted octanol–water partition coefficient (Wildman–Crippen LogP) is 1.40. The fraction of sp³-hybridized carbons (Fsp3) is 0.455. The van der Waals surface area contributed by atoms with E-state index in [2.05, 4.69) is 15.1 Å². The van der Waals surface area contributed by atoms with E-state index in [1.165, 1.54) is 12.5 Å². The summed E-state index contributed by atoms with van der Waals surface area (Å²) in [6.07, 6.45) is 3.44. The summed E-state index contributed by atoms with van der Waals surface area (Å²) in [5.74, 6) is 0.548. The van der Waals surface area contributed by atoms with Gasteiger partial charge in [0.25, 0.3) is 5.78 Å². The van der Waals surface area contributed by atoms with Crippen LogP contribution in [-0.2, 0) is 0 Å². The Morgan fingerprint density at radius 1 is 1.47 bits per heavy atom. The zero-order valence-electron chi connectivity index (χ0n) is 9.42. The van der Waals surface area contributed by atoms with Crippen molar-refractivity contribution in [3.8, 4) is 0 Å². The third kappa shape index (κ3) is 1.56. The Morgan fingerprint density at radius 2 is 2.24 bits per heavy atom. The SMILES string of the molecule is Cc1cc(C(=O)O)nc2nc(C3CCC3)nn12. The van der Waals surface area contributed by atoms with Gasteiger partial charge in [0.05, 0.1) is 0 Å². The van der Waals surface area contributed by atoms with Gasteiger partial charge in [0.2, 0.25) is 0 Å². The van der Waals surface area contributed by atoms with Gasteiger partial charge in [0.1, 0.15) is 0 Å². The number of aromatic nitrogens is 4. The van der Waals surface area contributed by atoms with Gasteiger partial charge < -0.3 is 5.11 Å². The van der Waals surface area contributed by atoms with Gasteiger partial charge in [-0.25, -0.2) is 14.3 Å². The Labute approximate surface area is 97.3 Å². The highest BCUT2D eigenvalue weighted by molar-refractivity contribution is 5.85. The van der Waals surface area contributed by atoms with Crippen LogP contribution in [0.2, 0.25) is 0 Å². The molecule has 6 heteroatoms. The molecule has 0 atom stereocenters. The summed E-state index contributed by atoms with van der Waals surface area (Å²) >= 11 is 0. The van der Waals surface area contributed by atoms with Crippen LogP contribution in [0.1, 0.15) is 47.2 Å². The molecule has 1 fully saturated rings. The number of rotatable bonds is 2. The van der Waals surface area contributed by atoms with Crippen LogP contribution < -0.4 is 0 Å². The van der Waals surface area contributed by atoms with Crippen LogP contribution in [0.5, 0.6) is 0 Å². The average molecular weight is 232 g/mol. The molecule has 0 bridgehead atoms. The van der Waals surface area contributed by atoms with Crippen molar-refractivity contribution in [2.24, 2.45) is 0 Å². The van der Waals surface area contributed by atoms with Gasteiger partial charge in [-0.3, -0.25) is 0 Å². The Morgan fingerprint density at radius 3 is 2.82 bits per heavy atom. The number of nitrogens with zero attached hydrogens (tertiary/aromatic N) is 4. The van der Waals surface area contributed by atoms with Crippen molar-refractivity contribution in [1.82, 2.24) is 19.6 Å². The highest BCUT2D eigenvalue weighted by Crippen LogP contribution is 2.34. The molecule has 3 rings (SSSR count). The smallest absolute Gasteiger partial charge is 0.354 e. The molecule has 1 N–H and O–H groups in total. The van der Waals surface area contributed by atoms with Crippen molar-refractivity contribution in [3.63, 3.8) is 0 Å². The molecule has 88 valence electrons. The Kier molecular flexibility index (Phi) is 2.10. The maximum Gasteiger partial charge on any atom is 0.354 e. The lowest BCUT2D eigenvalue weighted by molar-refractivity contribution is 0.0690. The van der Waals surface area contributed by atoms with Crippen LogP contribution >= 0.6 is 0 Å². The first kappa shape index (κ1) is 10.2. The molecule has 6 nitrogen and oxygen atoms in total. The molecule has 2 aromatic rings. The predicted molar refractivity (Wildman–Crippen MR) is 59.1 cm³/mol. The number of aromatic carboxylic acids is 1. The molecule has 0 amide bonds. The number of fused-ring (bicyclic) bond motifs is 1. The van der Waals surface area contributed by atoms with Crippen LogP contribution in [0.25, 0.3) is 5.78 Å². The van der Waals surface area contributed by atoms with E-state index >= 15 is 0 Å². The van der Waals surface area contributed by atoms with E-state index in [0.29, 0.717) is 11.7 Å². The third-order valence-corrected chi connectivity index (χ3v) is 3.20. The third-order valence-electron chi connectivity index (χ3n) is 3.20. The normalized spacial score (nSPS) is 16.1. The van der Waals surface area contributed by atoms with Gasteiger partial charge in [-0.2, -0.15) is 4.98 Å². The fourth-order valence-corrected chi connectivity index (χ4v) is 1.98. The molecule has 17 heavy (non-hydrogen) atoms. The quantitative estimate of drug-likeness (QED) is 0.846. The Balaban J connectivity index is 2.14. The van der Waals surface area contributed by atoms with Crippen molar-refractivity contribution >= 4 is 11.7 Å². The van der Waals surface area contributed by atoms with E-state index in [1.807, 2.05) is 0 Å². The molecule has 0 spiro atoms. The number of carboxylic acids is 1. The van der Waals surface area contributed by atoms with E-state index in [1.54, 1.807) is 11.4 Å². The van der Waals surface area contributed by atoms with Crippen LogP contribution in [-0.4, -0.2) is 30.7 Å². The second-order valence-corrected chi connectivity index (χ2v) is 4.40. The minimum Gasteiger partial charge on any atom is -0.477 e. The lowest BCUT2D eigenvalue weighted by Crippen LogP contribution is -2.10. The van der Waals surface area contributed by atoms with Crippen molar-refractivity contribution in [3.05, 3.63) is 23.3 Å². The minimum absolute atomic E-state index is 0.0163. The van der Waals surface area contributed by atoms with Crippen LogP contribution in [0, 0.1) is 6.92 Å². The Hall–Kier alpha value is -1.98. The van der Waals surface area contributed by atoms with Gasteiger partial charge in [0, 0.05) is 11.6 Å². The summed E-state index contributed by atoms with van der Waals surface area (Å²) in [7, 11) is 0. The first-order valence-corrected chi connectivity index (χ1v) is 5.63. The molecular formula is C11H12N4O2. The molecule has 0 aliphatic heterocycles. The summed E-state index contributed by atoms with van der Waals surface area (Å²) in [5, 5.41) is 13.3. The van der Waals surface area contributed by atoms with Crippen molar-refractivity contribution in [2.75, 3.05) is 0 Å². The Bertz CT molecular complexity index is 601. The first-order valence-electron chi connectivity index (χ1n) is 5.63. The maximum atomic E-state index is 10.9. The van der Waals surface area contributed by atoms with Crippen LogP contribution in [0.3, 0.4) is 0 Å². The molecule has 1 saturated carbocycles. The van der Waals surface area contributed by atoms with E-state index in [0.717, 1.165) is 24.4 Å². The highest BCUT2D eigenvalue weighted by atomic mass is 16.4. The second-order valence-electron chi connectivity index (χ2n) is 4.40. The molecule has 2 heterocycles. The largest absolute Gasteiger partial charge is 0.477 e. The highest BCUT2D eigenvalue weighted by Gasteiger charge is 2.24. The van der Waals surface area contributed by atoms with Crippen LogP contribution in [0.15, 0.2) is 6.07 Å². The summed E-state index contributed by atoms with van der Waals surface area (Å²) < 4.78 is 1.61. The zero-order valence-corrected chi connectivity index (χ0v) is 9.42. The summed E-state index contributed by atoms with van der Waals surface area (Å²) in [6.45, 7) is 1.81. The molecular weight excluding hydrogens is 220 g/mol. The van der Waals surface area contributed by atoms with E-state index in [4.69, 9.17) is 5.11 Å². The maximum absolute atomic E-state index is 10.9. The van der Waals surface area contributed by atoms with E-state index < -0.39 is 5.97 Å². The lowest BCUT2D eigenvalue weighted by Gasteiger charge is -2.21. The zero-order chi connectivity index (χ0) is 12.0. The van der Waals surface area contributed by atoms with Crippen molar-refractivity contribution in [2.45, 2.75) is 32.1 Å². The second kappa shape index (κ2) is 3.51. The number of aryl methyl sites for hydroxylation is 1. The fourth-order valence-electron chi connectivity index (χ4n) is 1.98. The summed E-state index contributed by atoms with van der Waals surface area (Å²) in [4.78, 5) is 19.2. The monoisotopic (exact) mass is 232 g/mol. The number of carboxylic acid groups (broad SMARTS) is 1. The first-order chi connectivity index (χ1) is 8.15. The van der Waals surface area contributed by atoms with Gasteiger partial charge in [-0.05, 0) is 25.8 Å². The van der Waals surface area contributed by atoms with Crippen LogP contribution in [0.4, 0.5) is 0 Å². The average Bonchev–Trinajstić information content (AvgIpc) is 2.58. The molecule has 1 aliphatic rings. The summed E-state index contributed by atoms with van der Waals surface area (Å²) in [6, 6.07) is 1.51. The topological polar surface area (TPSA) is 80.4 Å². The molecule has 0 aromatic carbocycles. The van der Waals surface area contributed by atoms with Gasteiger partial charge in [-0.1, -0.05) is 6.42 Å². The van der Waals surface area contributed by atoms with E-state index in [-0.39, 0.29) is 5.69 Å². The molecule has 0 radical (unpaired) electrons. The van der Waals surface area contributed by atoms with Crippen molar-refractivity contribution < 1.29 is 9.90 Å². The standard InChI is InChI=1S/C11H12N4O2/c1-6-5-8(10(16)17)12-11-13-9(14-15(6)11)7-3-2-4-7/h5,7H,2-4H2,1H3,(H,16,17). The number of hydrogen-bond donors (Lipinski definition) is 1. The van der Waals surface area contributed by atoms with Gasteiger partial charge >= 0.3 is 5.97 Å². The molecule has 0 unspecified atom stereocenters. The number of carbonyl (C=O) groups is 1. The lowest BCUT2D eigenvalue weighted by atomic mass is 9.85. The van der Waals surface area contributed by atoms with Crippen molar-refractivity contribution in [1.29, 1.82) is 0 Å². The van der Waals surface area contributed by atoms with Gasteiger partial charge in [0.15, 0.2) is 11.5 Å². The van der Waals surface area contributed by atoms with E-state index in [9.17, 15) is 4.79 Å². The summed E-state index contributed by atoms with van der Waals surface area (Å²) in [5.41, 5.74) is 0.757. The molecule has 0 saturated heterocycles. The molecule has 1 aliphatic carbocycles. The molecule has 2 aromatic heterocycles. The minimum atomic E-state index is -1.04.